The fraction of sp³-hybridized carbons (Fsp3) is 0.522. The van der Waals surface area contributed by atoms with Gasteiger partial charge in [-0.1, -0.05) is 12.1 Å². The van der Waals surface area contributed by atoms with E-state index >= 15 is 0 Å². The van der Waals surface area contributed by atoms with E-state index in [9.17, 15) is 5.11 Å². The number of methoxy groups -OCH3 is 1. The maximum absolute atomic E-state index is 9.45. The molecule has 0 saturated carbocycles. The van der Waals surface area contributed by atoms with Crippen LogP contribution in [0.25, 0.3) is 0 Å². The van der Waals surface area contributed by atoms with Gasteiger partial charge in [-0.2, -0.15) is 0 Å². The molecule has 1 aliphatic rings. The van der Waals surface area contributed by atoms with Crippen molar-refractivity contribution < 1.29 is 19.0 Å². The summed E-state index contributed by atoms with van der Waals surface area (Å²) in [5.41, 5.74) is 1.17. The molecule has 0 amide bonds. The molecule has 2 heterocycles. The number of nitrogens with one attached hydrogen (secondary N) is 2. The van der Waals surface area contributed by atoms with Crippen LogP contribution in [0.4, 0.5) is 0 Å². The number of ether oxygens (including phenoxy) is 2. The van der Waals surface area contributed by atoms with Crippen molar-refractivity contribution in [2.24, 2.45) is 10.4 Å². The van der Waals surface area contributed by atoms with Gasteiger partial charge in [0.1, 0.15) is 11.5 Å². The number of hydrogen-bond donors (Lipinski definition) is 3. The number of guanidine groups is 1. The number of aliphatic imine (C=N–C) groups is 1. The van der Waals surface area contributed by atoms with Gasteiger partial charge in [0, 0.05) is 38.1 Å². The van der Waals surface area contributed by atoms with Crippen LogP contribution in [-0.2, 0) is 17.6 Å². The van der Waals surface area contributed by atoms with E-state index < -0.39 is 0 Å². The molecular weight excluding hydrogens is 509 g/mol. The minimum absolute atomic E-state index is 0. The van der Waals surface area contributed by atoms with Gasteiger partial charge in [-0.05, 0) is 49.1 Å². The Balaban J connectivity index is 0.00000341. The molecule has 1 fully saturated rings. The number of hydrogen-bond acceptors (Lipinski definition) is 5. The molecular formula is C23H34IN3O4. The molecule has 7 nitrogen and oxygen atoms in total. The number of rotatable bonds is 11. The van der Waals surface area contributed by atoms with Crippen LogP contribution in [-0.4, -0.2) is 57.6 Å². The van der Waals surface area contributed by atoms with Gasteiger partial charge < -0.3 is 29.6 Å². The number of halogens is 1. The predicted octanol–water partition coefficient (Wildman–Crippen LogP) is 3.02. The van der Waals surface area contributed by atoms with E-state index in [0.717, 1.165) is 56.4 Å². The molecule has 3 N–H and O–H groups in total. The van der Waals surface area contributed by atoms with Crippen LogP contribution in [0.15, 0.2) is 52.1 Å². The van der Waals surface area contributed by atoms with Gasteiger partial charge in [0.05, 0.1) is 26.5 Å². The van der Waals surface area contributed by atoms with Crippen LogP contribution in [0.5, 0.6) is 5.75 Å². The molecule has 31 heavy (non-hydrogen) atoms. The lowest BCUT2D eigenvalue weighted by Crippen LogP contribution is -2.40. The lowest BCUT2D eigenvalue weighted by atomic mass is 9.84. The van der Waals surface area contributed by atoms with E-state index in [1.54, 1.807) is 13.4 Å². The third-order valence-corrected chi connectivity index (χ3v) is 5.51. The van der Waals surface area contributed by atoms with Crippen LogP contribution in [0.3, 0.4) is 0 Å². The predicted molar refractivity (Wildman–Crippen MR) is 132 cm³/mol. The zero-order valence-corrected chi connectivity index (χ0v) is 20.5. The summed E-state index contributed by atoms with van der Waals surface area (Å²) in [5.74, 6) is 2.59. The Morgan fingerprint density at radius 2 is 1.94 bits per heavy atom. The molecule has 1 aromatic heterocycles. The maximum Gasteiger partial charge on any atom is 0.191 e. The minimum atomic E-state index is -0.0691. The average Bonchev–Trinajstić information content (AvgIpc) is 3.45. The lowest BCUT2D eigenvalue weighted by Gasteiger charge is -2.25. The van der Waals surface area contributed by atoms with Gasteiger partial charge in [-0.25, -0.2) is 0 Å². The molecule has 1 atom stereocenters. The quantitative estimate of drug-likeness (QED) is 0.230. The van der Waals surface area contributed by atoms with Gasteiger partial charge in [-0.15, -0.1) is 24.0 Å². The Labute approximate surface area is 201 Å². The highest BCUT2D eigenvalue weighted by Gasteiger charge is 2.34. The number of aliphatic hydroxyl groups excluding tert-OH is 1. The average molecular weight is 543 g/mol. The van der Waals surface area contributed by atoms with E-state index in [1.165, 1.54) is 5.56 Å². The molecule has 0 bridgehead atoms. The Kier molecular flexibility index (Phi) is 11.2. The van der Waals surface area contributed by atoms with Gasteiger partial charge in [0.25, 0.3) is 0 Å². The first-order valence-electron chi connectivity index (χ1n) is 10.6. The smallest absolute Gasteiger partial charge is 0.191 e. The fourth-order valence-electron chi connectivity index (χ4n) is 3.59. The van der Waals surface area contributed by atoms with Gasteiger partial charge in [-0.3, -0.25) is 4.99 Å². The first-order chi connectivity index (χ1) is 14.7. The molecule has 1 unspecified atom stereocenters. The molecule has 1 aliphatic heterocycles. The zero-order valence-electron chi connectivity index (χ0n) is 18.1. The van der Waals surface area contributed by atoms with Gasteiger partial charge in [0.15, 0.2) is 5.96 Å². The SMILES string of the molecule is COc1ccc(CCNC(=NCC2(CCO)CCOC2)NCCc2ccco2)cc1.I. The fourth-order valence-corrected chi connectivity index (χ4v) is 3.59. The summed E-state index contributed by atoms with van der Waals surface area (Å²) >= 11 is 0. The second-order valence-electron chi connectivity index (χ2n) is 7.72. The van der Waals surface area contributed by atoms with Crippen molar-refractivity contribution in [3.05, 3.63) is 54.0 Å². The van der Waals surface area contributed by atoms with Crippen molar-refractivity contribution in [1.29, 1.82) is 0 Å². The number of furan rings is 1. The second kappa shape index (κ2) is 13.6. The van der Waals surface area contributed by atoms with Crippen molar-refractivity contribution >= 4 is 29.9 Å². The third-order valence-electron chi connectivity index (χ3n) is 5.51. The molecule has 0 spiro atoms. The zero-order chi connectivity index (χ0) is 21.1. The maximum atomic E-state index is 9.45. The number of nitrogens with zero attached hydrogens (tertiary/aromatic N) is 1. The molecule has 1 aromatic carbocycles. The Morgan fingerprint density at radius 1 is 1.16 bits per heavy atom. The minimum Gasteiger partial charge on any atom is -0.497 e. The molecule has 3 rings (SSSR count). The Hall–Kier alpha value is -1.78. The molecule has 0 aliphatic carbocycles. The summed E-state index contributed by atoms with van der Waals surface area (Å²) in [4.78, 5) is 4.83. The monoisotopic (exact) mass is 543 g/mol. The van der Waals surface area contributed by atoms with E-state index in [4.69, 9.17) is 18.9 Å². The highest BCUT2D eigenvalue weighted by atomic mass is 127. The number of aliphatic hydroxyl groups is 1. The first kappa shape index (κ1) is 25.5. The molecule has 2 aromatic rings. The van der Waals surface area contributed by atoms with Crippen molar-refractivity contribution in [2.75, 3.05) is 46.6 Å². The van der Waals surface area contributed by atoms with Crippen molar-refractivity contribution in [3.63, 3.8) is 0 Å². The molecule has 1 saturated heterocycles. The molecule has 172 valence electrons. The Morgan fingerprint density at radius 3 is 2.55 bits per heavy atom. The van der Waals surface area contributed by atoms with Crippen molar-refractivity contribution in [3.8, 4) is 5.75 Å². The summed E-state index contributed by atoms with van der Waals surface area (Å²) in [6.45, 7) is 3.68. The van der Waals surface area contributed by atoms with Crippen LogP contribution >= 0.6 is 24.0 Å². The molecule has 8 heteroatoms. The second-order valence-corrected chi connectivity index (χ2v) is 7.72. The summed E-state index contributed by atoms with van der Waals surface area (Å²) in [7, 11) is 1.67. The summed E-state index contributed by atoms with van der Waals surface area (Å²) in [6.07, 6.45) is 5.01. The van der Waals surface area contributed by atoms with E-state index in [2.05, 4.69) is 22.8 Å². The van der Waals surface area contributed by atoms with E-state index in [-0.39, 0.29) is 36.0 Å². The van der Waals surface area contributed by atoms with Gasteiger partial charge in [0.2, 0.25) is 0 Å². The highest BCUT2D eigenvalue weighted by molar-refractivity contribution is 14.0. The van der Waals surface area contributed by atoms with Crippen LogP contribution < -0.4 is 15.4 Å². The molecule has 0 radical (unpaired) electrons. The topological polar surface area (TPSA) is 88.2 Å². The highest BCUT2D eigenvalue weighted by Crippen LogP contribution is 2.32. The third kappa shape index (κ3) is 8.34. The van der Waals surface area contributed by atoms with Crippen LogP contribution in [0.2, 0.25) is 0 Å². The van der Waals surface area contributed by atoms with Crippen molar-refractivity contribution in [1.82, 2.24) is 10.6 Å². The largest absolute Gasteiger partial charge is 0.497 e. The first-order valence-corrected chi connectivity index (χ1v) is 10.6. The Bertz CT molecular complexity index is 760. The summed E-state index contributed by atoms with van der Waals surface area (Å²) in [5, 5.41) is 16.3. The number of benzene rings is 1. The normalized spacial score (nSPS) is 18.5. The van der Waals surface area contributed by atoms with E-state index in [1.807, 2.05) is 24.3 Å². The van der Waals surface area contributed by atoms with Crippen LogP contribution in [0, 0.1) is 5.41 Å². The van der Waals surface area contributed by atoms with E-state index in [0.29, 0.717) is 19.6 Å². The standard InChI is InChI=1S/C23H33N3O4.HI/c1-28-20-6-4-19(5-7-20)8-12-24-22(25-13-9-21-3-2-15-30-21)26-17-23(10-14-27)11-16-29-18-23;/h2-7,15,27H,8-14,16-18H2,1H3,(H2,24,25,26);1H. The van der Waals surface area contributed by atoms with Gasteiger partial charge >= 0.3 is 0 Å². The van der Waals surface area contributed by atoms with Crippen LogP contribution in [0.1, 0.15) is 24.2 Å². The summed E-state index contributed by atoms with van der Waals surface area (Å²) in [6, 6.07) is 12.0. The summed E-state index contributed by atoms with van der Waals surface area (Å²) < 4.78 is 16.2. The van der Waals surface area contributed by atoms with Crippen molar-refractivity contribution in [2.45, 2.75) is 25.7 Å². The lowest BCUT2D eigenvalue weighted by molar-refractivity contribution is 0.131.